The molecule has 1 amide bonds. The minimum absolute atomic E-state index is 0.354. The van der Waals surface area contributed by atoms with Crippen LogP contribution in [0.25, 0.3) is 0 Å². The first-order chi connectivity index (χ1) is 15.0. The molecule has 0 atom stereocenters. The molecular weight excluding hydrogens is 484 g/mol. The maximum Gasteiger partial charge on any atom is 0.271 e. The third-order valence-corrected chi connectivity index (χ3v) is 5.31. The number of nitrogens with zero attached hydrogens (tertiary/aromatic N) is 1. The molecule has 0 aliphatic rings. The van der Waals surface area contributed by atoms with Gasteiger partial charge in [0.05, 0.1) is 24.9 Å². The summed E-state index contributed by atoms with van der Waals surface area (Å²) < 4.78 is 17.0. The number of rotatable bonds is 8. The molecule has 3 rings (SSSR count). The number of hydrogen-bond acceptors (Lipinski definition) is 5. The van der Waals surface area contributed by atoms with Gasteiger partial charge in [0.15, 0.2) is 11.5 Å². The zero-order valence-electron chi connectivity index (χ0n) is 16.9. The van der Waals surface area contributed by atoms with E-state index in [-0.39, 0.29) is 5.91 Å². The van der Waals surface area contributed by atoms with Crippen LogP contribution in [-0.2, 0) is 6.61 Å². The van der Waals surface area contributed by atoms with Crippen LogP contribution in [0.2, 0.25) is 5.02 Å². The zero-order valence-corrected chi connectivity index (χ0v) is 19.2. The van der Waals surface area contributed by atoms with Crippen LogP contribution in [0.4, 0.5) is 0 Å². The summed E-state index contributed by atoms with van der Waals surface area (Å²) in [5, 5.41) is 4.68. The van der Waals surface area contributed by atoms with E-state index in [0.717, 1.165) is 15.6 Å². The lowest BCUT2D eigenvalue weighted by Crippen LogP contribution is -2.17. The Morgan fingerprint density at radius 3 is 2.48 bits per heavy atom. The van der Waals surface area contributed by atoms with Gasteiger partial charge in [0.25, 0.3) is 5.91 Å². The fraction of sp³-hybridized carbons (Fsp3) is 0.130. The van der Waals surface area contributed by atoms with Crippen molar-refractivity contribution in [3.63, 3.8) is 0 Å². The normalized spacial score (nSPS) is 10.7. The van der Waals surface area contributed by atoms with Crippen molar-refractivity contribution in [1.82, 2.24) is 5.43 Å². The summed E-state index contributed by atoms with van der Waals surface area (Å²) >= 11 is 9.65. The average molecular weight is 504 g/mol. The molecule has 1 N–H and O–H groups in total. The van der Waals surface area contributed by atoms with Crippen molar-refractivity contribution >= 4 is 39.7 Å². The van der Waals surface area contributed by atoms with Gasteiger partial charge >= 0.3 is 0 Å². The van der Waals surface area contributed by atoms with Crippen molar-refractivity contribution in [2.75, 3.05) is 14.2 Å². The van der Waals surface area contributed by atoms with Crippen LogP contribution in [0.3, 0.4) is 0 Å². The van der Waals surface area contributed by atoms with Gasteiger partial charge in [-0.15, -0.1) is 0 Å². The second kappa shape index (κ2) is 10.8. The van der Waals surface area contributed by atoms with E-state index in [1.807, 2.05) is 42.5 Å². The maximum atomic E-state index is 12.3. The van der Waals surface area contributed by atoms with Gasteiger partial charge in [0, 0.05) is 16.1 Å². The van der Waals surface area contributed by atoms with Crippen LogP contribution < -0.4 is 19.6 Å². The second-order valence-corrected chi connectivity index (χ2v) is 7.60. The van der Waals surface area contributed by atoms with E-state index in [9.17, 15) is 4.79 Å². The van der Waals surface area contributed by atoms with E-state index in [2.05, 4.69) is 26.5 Å². The molecule has 0 spiro atoms. The third kappa shape index (κ3) is 5.99. The fourth-order valence-corrected chi connectivity index (χ4v) is 3.39. The number of ether oxygens (including phenoxy) is 3. The van der Waals surface area contributed by atoms with Crippen LogP contribution in [-0.4, -0.2) is 26.3 Å². The van der Waals surface area contributed by atoms with Gasteiger partial charge < -0.3 is 14.2 Å². The highest BCUT2D eigenvalue weighted by molar-refractivity contribution is 9.10. The number of carbonyl (C=O) groups excluding carboxylic acids is 1. The van der Waals surface area contributed by atoms with Crippen LogP contribution in [0, 0.1) is 0 Å². The number of hydrogen-bond donors (Lipinski definition) is 1. The molecule has 8 heteroatoms. The summed E-state index contributed by atoms with van der Waals surface area (Å²) in [5.41, 5.74) is 4.58. The summed E-state index contributed by atoms with van der Waals surface area (Å²) in [6, 6.07) is 17.9. The van der Waals surface area contributed by atoms with Gasteiger partial charge in [-0.05, 0) is 64.0 Å². The average Bonchev–Trinajstić information content (AvgIpc) is 2.79. The van der Waals surface area contributed by atoms with Crippen molar-refractivity contribution in [1.29, 1.82) is 0 Å². The molecule has 6 nitrogen and oxygen atoms in total. The Hall–Kier alpha value is -3.03. The molecule has 0 saturated carbocycles. The van der Waals surface area contributed by atoms with E-state index in [1.165, 1.54) is 14.2 Å². The molecule has 0 heterocycles. The van der Waals surface area contributed by atoms with Crippen LogP contribution in [0.1, 0.15) is 21.5 Å². The summed E-state index contributed by atoms with van der Waals surface area (Å²) in [7, 11) is 3.05. The highest BCUT2D eigenvalue weighted by atomic mass is 79.9. The molecule has 3 aromatic rings. The van der Waals surface area contributed by atoms with E-state index in [0.29, 0.717) is 34.4 Å². The van der Waals surface area contributed by atoms with Gasteiger partial charge in [-0.2, -0.15) is 5.10 Å². The molecule has 0 fully saturated rings. The lowest BCUT2D eigenvalue weighted by Gasteiger charge is -2.10. The smallest absolute Gasteiger partial charge is 0.271 e. The number of methoxy groups -OCH3 is 2. The standard InChI is InChI=1S/C23H20BrClN2O4/c1-29-21-10-8-16(12-22(21)30-2)23(28)27-26-13-15-7-9-20(18(24)11-15)31-14-17-5-3-4-6-19(17)25/h3-13H,14H2,1-2H3,(H,27,28)/b26-13+. The number of benzene rings is 3. The zero-order chi connectivity index (χ0) is 22.2. The minimum atomic E-state index is -0.365. The lowest BCUT2D eigenvalue weighted by molar-refractivity contribution is 0.0954. The number of amides is 1. The van der Waals surface area contributed by atoms with Crippen molar-refractivity contribution in [3.8, 4) is 17.2 Å². The van der Waals surface area contributed by atoms with Crippen LogP contribution in [0.15, 0.2) is 70.2 Å². The number of halogens is 2. The predicted molar refractivity (Wildman–Crippen MR) is 125 cm³/mol. The summed E-state index contributed by atoms with van der Waals surface area (Å²) in [6.45, 7) is 0.354. The Bertz CT molecular complexity index is 1100. The Kier molecular flexibility index (Phi) is 7.92. The quantitative estimate of drug-likeness (QED) is 0.327. The molecule has 0 unspecified atom stereocenters. The van der Waals surface area contributed by atoms with Gasteiger partial charge in [0.1, 0.15) is 12.4 Å². The first kappa shape index (κ1) is 22.7. The van der Waals surface area contributed by atoms with E-state index in [1.54, 1.807) is 24.4 Å². The largest absolute Gasteiger partial charge is 0.493 e. The fourth-order valence-electron chi connectivity index (χ4n) is 2.69. The monoisotopic (exact) mass is 502 g/mol. The molecule has 0 aliphatic carbocycles. The van der Waals surface area contributed by atoms with Gasteiger partial charge in [-0.3, -0.25) is 4.79 Å². The molecule has 31 heavy (non-hydrogen) atoms. The van der Waals surface area contributed by atoms with Crippen molar-refractivity contribution in [2.24, 2.45) is 5.10 Å². The van der Waals surface area contributed by atoms with Crippen molar-refractivity contribution in [2.45, 2.75) is 6.61 Å². The van der Waals surface area contributed by atoms with E-state index in [4.69, 9.17) is 25.8 Å². The number of nitrogens with one attached hydrogen (secondary N) is 1. The van der Waals surface area contributed by atoms with E-state index < -0.39 is 0 Å². The molecule has 0 radical (unpaired) electrons. The number of hydrazone groups is 1. The molecule has 0 aliphatic heterocycles. The van der Waals surface area contributed by atoms with Crippen molar-refractivity contribution < 1.29 is 19.0 Å². The first-order valence-electron chi connectivity index (χ1n) is 9.23. The Balaban J connectivity index is 1.60. The molecule has 0 saturated heterocycles. The van der Waals surface area contributed by atoms with Crippen LogP contribution >= 0.6 is 27.5 Å². The first-order valence-corrected chi connectivity index (χ1v) is 10.4. The number of carbonyl (C=O) groups is 1. The molecule has 3 aromatic carbocycles. The molecule has 0 bridgehead atoms. The highest BCUT2D eigenvalue weighted by Crippen LogP contribution is 2.28. The predicted octanol–water partition coefficient (Wildman–Crippen LogP) is 5.46. The second-order valence-electron chi connectivity index (χ2n) is 6.34. The Labute approximate surface area is 193 Å². The van der Waals surface area contributed by atoms with E-state index >= 15 is 0 Å². The molecule has 160 valence electrons. The van der Waals surface area contributed by atoms with Gasteiger partial charge in [0.2, 0.25) is 0 Å². The SMILES string of the molecule is COc1ccc(C(=O)N/N=C/c2ccc(OCc3ccccc3Cl)c(Br)c2)cc1OC. The van der Waals surface area contributed by atoms with Crippen LogP contribution in [0.5, 0.6) is 17.2 Å². The van der Waals surface area contributed by atoms with Gasteiger partial charge in [-0.25, -0.2) is 5.43 Å². The molecule has 0 aromatic heterocycles. The summed E-state index contributed by atoms with van der Waals surface area (Å²) in [4.78, 5) is 12.3. The lowest BCUT2D eigenvalue weighted by atomic mass is 10.2. The van der Waals surface area contributed by atoms with Crippen molar-refractivity contribution in [3.05, 3.63) is 86.8 Å². The Morgan fingerprint density at radius 1 is 1.03 bits per heavy atom. The Morgan fingerprint density at radius 2 is 1.77 bits per heavy atom. The minimum Gasteiger partial charge on any atom is -0.493 e. The topological polar surface area (TPSA) is 69.2 Å². The molecular formula is C23H20BrClN2O4. The third-order valence-electron chi connectivity index (χ3n) is 4.32. The van der Waals surface area contributed by atoms with Gasteiger partial charge in [-0.1, -0.05) is 29.8 Å². The summed E-state index contributed by atoms with van der Waals surface area (Å²) in [5.74, 6) is 1.32. The summed E-state index contributed by atoms with van der Waals surface area (Å²) in [6.07, 6.45) is 1.54. The maximum absolute atomic E-state index is 12.3. The highest BCUT2D eigenvalue weighted by Gasteiger charge is 2.10.